The van der Waals surface area contributed by atoms with Crippen LogP contribution in [0.1, 0.15) is 13.3 Å². The lowest BCUT2D eigenvalue weighted by Crippen LogP contribution is -2.12. The number of methoxy groups -OCH3 is 1. The van der Waals surface area contributed by atoms with E-state index in [2.05, 4.69) is 14.9 Å². The molecule has 14 heavy (non-hydrogen) atoms. The molecule has 0 amide bonds. The molecule has 6 nitrogen and oxygen atoms in total. The van der Waals surface area contributed by atoms with Crippen molar-refractivity contribution in [3.05, 3.63) is 6.33 Å². The van der Waals surface area contributed by atoms with Gasteiger partial charge in [-0.3, -0.25) is 4.79 Å². The van der Waals surface area contributed by atoms with Gasteiger partial charge < -0.3 is 10.6 Å². The van der Waals surface area contributed by atoms with E-state index in [0.29, 0.717) is 11.6 Å². The smallest absolute Gasteiger partial charge is 0.306 e. The number of esters is 1. The summed E-state index contributed by atoms with van der Waals surface area (Å²) < 4.78 is 5.86. The van der Waals surface area contributed by atoms with Crippen LogP contribution in [0.5, 0.6) is 0 Å². The average Bonchev–Trinajstić information content (AvgIpc) is 2.51. The number of carbonyl (C=O) groups excluding carboxylic acids is 1. The zero-order chi connectivity index (χ0) is 10.6. The molecule has 1 atom stereocenters. The van der Waals surface area contributed by atoms with Crippen LogP contribution in [0.4, 0.5) is 0 Å². The molecule has 78 valence electrons. The second-order valence-corrected chi connectivity index (χ2v) is 4.14. The molecule has 0 aliphatic heterocycles. The van der Waals surface area contributed by atoms with Gasteiger partial charge in [0.05, 0.1) is 13.5 Å². The molecule has 7 heteroatoms. The van der Waals surface area contributed by atoms with Crippen LogP contribution in [0.25, 0.3) is 0 Å². The summed E-state index contributed by atoms with van der Waals surface area (Å²) in [6, 6.07) is 0. The minimum atomic E-state index is -0.243. The van der Waals surface area contributed by atoms with E-state index in [9.17, 15) is 4.79 Å². The maximum Gasteiger partial charge on any atom is 0.306 e. The quantitative estimate of drug-likeness (QED) is 0.434. The monoisotopic (exact) mass is 216 g/mol. The zero-order valence-electron chi connectivity index (χ0n) is 8.01. The van der Waals surface area contributed by atoms with Crippen LogP contribution in [-0.4, -0.2) is 33.2 Å². The molecule has 1 aromatic rings. The Morgan fingerprint density at radius 2 is 2.57 bits per heavy atom. The second kappa shape index (κ2) is 4.85. The van der Waals surface area contributed by atoms with E-state index >= 15 is 0 Å². The summed E-state index contributed by atoms with van der Waals surface area (Å²) in [5.41, 5.74) is 0. The lowest BCUT2D eigenvalue weighted by Gasteiger charge is -2.07. The standard InChI is InChI=1S/C7H12N4O2S/c1-5(3-6(12)13-2)14-7-10-9-4-11(7)8/h4-5H,3,8H2,1-2H3. The number of hydrogen-bond donors (Lipinski definition) is 1. The molecule has 1 heterocycles. The third-order valence-corrected chi connectivity index (χ3v) is 2.60. The van der Waals surface area contributed by atoms with E-state index < -0.39 is 0 Å². The van der Waals surface area contributed by atoms with Gasteiger partial charge in [-0.2, -0.15) is 0 Å². The van der Waals surface area contributed by atoms with Crippen molar-refractivity contribution in [2.24, 2.45) is 0 Å². The number of nitrogen functional groups attached to an aromatic ring is 1. The first-order valence-corrected chi connectivity index (χ1v) is 4.90. The van der Waals surface area contributed by atoms with Gasteiger partial charge in [0.15, 0.2) is 0 Å². The highest BCUT2D eigenvalue weighted by Crippen LogP contribution is 2.21. The zero-order valence-corrected chi connectivity index (χ0v) is 8.82. The highest BCUT2D eigenvalue weighted by atomic mass is 32.2. The number of aromatic nitrogens is 3. The van der Waals surface area contributed by atoms with Crippen LogP contribution >= 0.6 is 11.8 Å². The molecule has 0 aliphatic carbocycles. The Labute approximate surface area is 85.8 Å². The highest BCUT2D eigenvalue weighted by molar-refractivity contribution is 7.99. The van der Waals surface area contributed by atoms with Crippen molar-refractivity contribution in [1.82, 2.24) is 14.9 Å². The largest absolute Gasteiger partial charge is 0.469 e. The van der Waals surface area contributed by atoms with E-state index in [1.807, 2.05) is 6.92 Å². The van der Waals surface area contributed by atoms with Gasteiger partial charge in [-0.25, -0.2) is 4.68 Å². The van der Waals surface area contributed by atoms with Crippen LogP contribution in [0.3, 0.4) is 0 Å². The van der Waals surface area contributed by atoms with Gasteiger partial charge >= 0.3 is 5.97 Å². The number of hydrogen-bond acceptors (Lipinski definition) is 6. The van der Waals surface area contributed by atoms with Gasteiger partial charge in [0, 0.05) is 5.25 Å². The Bertz CT molecular complexity index is 314. The van der Waals surface area contributed by atoms with E-state index in [0.717, 1.165) is 0 Å². The van der Waals surface area contributed by atoms with Crippen molar-refractivity contribution in [2.75, 3.05) is 13.0 Å². The minimum Gasteiger partial charge on any atom is -0.469 e. The number of rotatable bonds is 4. The molecular formula is C7H12N4O2S. The fourth-order valence-corrected chi connectivity index (χ4v) is 1.70. The predicted molar refractivity (Wildman–Crippen MR) is 52.1 cm³/mol. The molecule has 1 rings (SSSR count). The van der Waals surface area contributed by atoms with Crippen LogP contribution in [0, 0.1) is 0 Å². The third-order valence-electron chi connectivity index (χ3n) is 1.53. The summed E-state index contributed by atoms with van der Waals surface area (Å²) in [6.45, 7) is 1.90. The van der Waals surface area contributed by atoms with Gasteiger partial charge in [0.25, 0.3) is 0 Å². The first-order valence-electron chi connectivity index (χ1n) is 4.02. The Morgan fingerprint density at radius 1 is 1.86 bits per heavy atom. The topological polar surface area (TPSA) is 83.0 Å². The summed E-state index contributed by atoms with van der Waals surface area (Å²) >= 11 is 1.38. The average molecular weight is 216 g/mol. The molecule has 0 saturated heterocycles. The maximum absolute atomic E-state index is 10.9. The van der Waals surface area contributed by atoms with Crippen molar-refractivity contribution in [3.63, 3.8) is 0 Å². The second-order valence-electron chi connectivity index (χ2n) is 2.73. The summed E-state index contributed by atoms with van der Waals surface area (Å²) in [4.78, 5) is 10.9. The highest BCUT2D eigenvalue weighted by Gasteiger charge is 2.13. The van der Waals surface area contributed by atoms with Gasteiger partial charge in [0.2, 0.25) is 5.16 Å². The number of nitrogens with zero attached hydrogens (tertiary/aromatic N) is 3. The van der Waals surface area contributed by atoms with Crippen LogP contribution in [0.15, 0.2) is 11.5 Å². The Morgan fingerprint density at radius 3 is 3.07 bits per heavy atom. The normalized spacial score (nSPS) is 12.4. The molecule has 1 aromatic heterocycles. The minimum absolute atomic E-state index is 0.0638. The van der Waals surface area contributed by atoms with E-state index in [1.165, 1.54) is 29.9 Å². The van der Waals surface area contributed by atoms with Gasteiger partial charge in [-0.05, 0) is 0 Å². The van der Waals surface area contributed by atoms with Crippen molar-refractivity contribution < 1.29 is 9.53 Å². The summed E-state index contributed by atoms with van der Waals surface area (Å²) in [7, 11) is 1.37. The molecule has 0 saturated carbocycles. The van der Waals surface area contributed by atoms with E-state index in [1.54, 1.807) is 0 Å². The first-order chi connectivity index (χ1) is 6.63. The third kappa shape index (κ3) is 2.91. The number of thioether (sulfide) groups is 1. The van der Waals surface area contributed by atoms with Crippen molar-refractivity contribution in [3.8, 4) is 0 Å². The molecule has 0 aliphatic rings. The number of carbonyl (C=O) groups is 1. The van der Waals surface area contributed by atoms with Crippen molar-refractivity contribution in [2.45, 2.75) is 23.8 Å². The van der Waals surface area contributed by atoms with Crippen LogP contribution < -0.4 is 5.84 Å². The summed E-state index contributed by atoms with van der Waals surface area (Å²) in [5, 5.41) is 8.06. The molecule has 0 fully saturated rings. The molecular weight excluding hydrogens is 204 g/mol. The van der Waals surface area contributed by atoms with Gasteiger partial charge in [-0.15, -0.1) is 10.2 Å². The first kappa shape index (κ1) is 10.8. The van der Waals surface area contributed by atoms with Gasteiger partial charge in [0.1, 0.15) is 6.33 Å². The van der Waals surface area contributed by atoms with Crippen LogP contribution in [0.2, 0.25) is 0 Å². The molecule has 0 aromatic carbocycles. The molecule has 0 radical (unpaired) electrons. The molecule has 0 spiro atoms. The Balaban J connectivity index is 2.45. The van der Waals surface area contributed by atoms with E-state index in [-0.39, 0.29) is 11.2 Å². The molecule has 1 unspecified atom stereocenters. The lowest BCUT2D eigenvalue weighted by atomic mass is 10.3. The number of ether oxygens (including phenoxy) is 1. The summed E-state index contributed by atoms with van der Waals surface area (Å²) in [6.07, 6.45) is 1.74. The Hall–Kier alpha value is -1.24. The van der Waals surface area contributed by atoms with E-state index in [4.69, 9.17) is 5.84 Å². The SMILES string of the molecule is COC(=O)CC(C)Sc1nncn1N. The fraction of sp³-hybridized carbons (Fsp3) is 0.571. The van der Waals surface area contributed by atoms with Crippen molar-refractivity contribution >= 4 is 17.7 Å². The predicted octanol–water partition coefficient (Wildman–Crippen LogP) is 0.0356. The number of nitrogens with two attached hydrogens (primary N) is 1. The Kier molecular flexibility index (Phi) is 3.75. The van der Waals surface area contributed by atoms with Gasteiger partial charge in [-0.1, -0.05) is 18.7 Å². The molecule has 2 N–H and O–H groups in total. The van der Waals surface area contributed by atoms with Crippen LogP contribution in [-0.2, 0) is 9.53 Å². The lowest BCUT2D eigenvalue weighted by molar-refractivity contribution is -0.140. The summed E-state index contributed by atoms with van der Waals surface area (Å²) in [5.74, 6) is 5.26. The van der Waals surface area contributed by atoms with Crippen molar-refractivity contribution in [1.29, 1.82) is 0 Å². The fourth-order valence-electron chi connectivity index (χ4n) is 0.856. The molecule has 0 bridgehead atoms. The maximum atomic E-state index is 10.9.